The second kappa shape index (κ2) is 8.00. The Labute approximate surface area is 153 Å². The summed E-state index contributed by atoms with van der Waals surface area (Å²) in [6.07, 6.45) is -0.926. The molecule has 0 saturated carbocycles. The Kier molecular flexibility index (Phi) is 6.72. The zero-order valence-electron chi connectivity index (χ0n) is 16.2. The number of rotatable bonds is 8. The van der Waals surface area contributed by atoms with Gasteiger partial charge in [0.05, 0.1) is 19.1 Å². The standard InChI is InChI=1S/C16H26N2O7Si/c1-16(2,3)26(6,7)25-14(10-17(19)20)11-8-12(18(21)22)15(24-5)13(9-11)23-4/h8-9,14H,10H2,1-7H3. The summed E-state index contributed by atoms with van der Waals surface area (Å²) in [5.74, 6) is 0.0947. The van der Waals surface area contributed by atoms with Gasteiger partial charge in [-0.25, -0.2) is 0 Å². The van der Waals surface area contributed by atoms with Crippen molar-refractivity contribution in [2.24, 2.45) is 0 Å². The van der Waals surface area contributed by atoms with E-state index < -0.39 is 30.8 Å². The van der Waals surface area contributed by atoms with Gasteiger partial charge in [-0.3, -0.25) is 20.2 Å². The lowest BCUT2D eigenvalue weighted by molar-refractivity contribution is -0.490. The molecule has 0 aromatic heterocycles. The molecular weight excluding hydrogens is 360 g/mol. The van der Waals surface area contributed by atoms with Gasteiger partial charge in [-0.05, 0) is 29.8 Å². The summed E-state index contributed by atoms with van der Waals surface area (Å²) < 4.78 is 16.4. The molecule has 10 heteroatoms. The van der Waals surface area contributed by atoms with Crippen molar-refractivity contribution in [1.29, 1.82) is 0 Å². The van der Waals surface area contributed by atoms with Gasteiger partial charge >= 0.3 is 5.69 Å². The van der Waals surface area contributed by atoms with E-state index in [0.29, 0.717) is 5.56 Å². The Bertz CT molecular complexity index is 686. The first-order valence-corrected chi connectivity index (χ1v) is 10.9. The second-order valence-electron chi connectivity index (χ2n) is 7.41. The summed E-state index contributed by atoms with van der Waals surface area (Å²) in [4.78, 5) is 21.5. The molecule has 0 bridgehead atoms. The molecule has 0 aliphatic rings. The zero-order valence-corrected chi connectivity index (χ0v) is 17.2. The molecule has 0 N–H and O–H groups in total. The van der Waals surface area contributed by atoms with Gasteiger partial charge in [-0.1, -0.05) is 20.8 Å². The normalized spacial score (nSPS) is 13.2. The third-order valence-corrected chi connectivity index (χ3v) is 9.09. The Morgan fingerprint density at radius 3 is 2.08 bits per heavy atom. The maximum Gasteiger partial charge on any atom is 0.315 e. The van der Waals surface area contributed by atoms with Crippen LogP contribution >= 0.6 is 0 Å². The van der Waals surface area contributed by atoms with Crippen LogP contribution in [0.4, 0.5) is 5.69 Å². The molecule has 9 nitrogen and oxygen atoms in total. The van der Waals surface area contributed by atoms with Crippen molar-refractivity contribution >= 4 is 14.0 Å². The molecule has 1 atom stereocenters. The third-order valence-electron chi connectivity index (χ3n) is 4.61. The average Bonchev–Trinajstić information content (AvgIpc) is 2.50. The summed E-state index contributed by atoms with van der Waals surface area (Å²) in [5, 5.41) is 22.4. The van der Waals surface area contributed by atoms with Crippen molar-refractivity contribution in [3.8, 4) is 11.5 Å². The van der Waals surface area contributed by atoms with Gasteiger partial charge in [0.25, 0.3) is 0 Å². The van der Waals surface area contributed by atoms with Crippen LogP contribution in [-0.2, 0) is 4.43 Å². The van der Waals surface area contributed by atoms with E-state index in [0.717, 1.165) is 0 Å². The van der Waals surface area contributed by atoms with Gasteiger partial charge in [-0.2, -0.15) is 0 Å². The van der Waals surface area contributed by atoms with Crippen LogP contribution in [0.5, 0.6) is 11.5 Å². The van der Waals surface area contributed by atoms with E-state index in [1.807, 2.05) is 33.9 Å². The van der Waals surface area contributed by atoms with Crippen LogP contribution in [0.3, 0.4) is 0 Å². The number of nitro benzene ring substituents is 1. The monoisotopic (exact) mass is 386 g/mol. The lowest BCUT2D eigenvalue weighted by atomic mass is 10.1. The third kappa shape index (κ3) is 4.91. The minimum atomic E-state index is -2.36. The molecule has 1 aromatic rings. The Morgan fingerprint density at radius 2 is 1.69 bits per heavy atom. The van der Waals surface area contributed by atoms with Crippen LogP contribution in [0, 0.1) is 20.2 Å². The zero-order chi connectivity index (χ0) is 20.3. The van der Waals surface area contributed by atoms with Crippen LogP contribution in [-0.4, -0.2) is 38.9 Å². The Morgan fingerprint density at radius 1 is 1.12 bits per heavy atom. The topological polar surface area (TPSA) is 114 Å². The lowest BCUT2D eigenvalue weighted by Gasteiger charge is -2.38. The highest BCUT2D eigenvalue weighted by Crippen LogP contribution is 2.43. The number of hydrogen-bond acceptors (Lipinski definition) is 7. The highest BCUT2D eigenvalue weighted by atomic mass is 28.4. The largest absolute Gasteiger partial charge is 0.493 e. The maximum atomic E-state index is 11.4. The summed E-state index contributed by atoms with van der Waals surface area (Å²) in [5.41, 5.74) is -0.00935. The quantitative estimate of drug-likeness (QED) is 0.377. The van der Waals surface area contributed by atoms with E-state index in [9.17, 15) is 20.2 Å². The number of nitrogens with zero attached hydrogens (tertiary/aromatic N) is 2. The minimum absolute atomic E-state index is 0.0339. The van der Waals surface area contributed by atoms with Gasteiger partial charge in [-0.15, -0.1) is 0 Å². The van der Waals surface area contributed by atoms with Crippen LogP contribution in [0.1, 0.15) is 32.4 Å². The van der Waals surface area contributed by atoms with Gasteiger partial charge < -0.3 is 13.9 Å². The molecular formula is C16H26N2O7Si. The predicted molar refractivity (Wildman–Crippen MR) is 99.1 cm³/mol. The van der Waals surface area contributed by atoms with Crippen molar-refractivity contribution in [3.05, 3.63) is 37.9 Å². The summed E-state index contributed by atoms with van der Waals surface area (Å²) >= 11 is 0. The molecule has 0 heterocycles. The van der Waals surface area contributed by atoms with E-state index in [-0.39, 0.29) is 22.2 Å². The lowest BCUT2D eigenvalue weighted by Crippen LogP contribution is -2.43. The van der Waals surface area contributed by atoms with Gasteiger partial charge in [0, 0.05) is 11.0 Å². The van der Waals surface area contributed by atoms with Crippen molar-refractivity contribution in [2.75, 3.05) is 20.8 Å². The maximum absolute atomic E-state index is 11.4. The van der Waals surface area contributed by atoms with Crippen LogP contribution in [0.2, 0.25) is 18.1 Å². The van der Waals surface area contributed by atoms with Crippen molar-refractivity contribution in [2.45, 2.75) is 45.0 Å². The number of methoxy groups -OCH3 is 2. The van der Waals surface area contributed by atoms with Gasteiger partial charge in [0.15, 0.2) is 14.1 Å². The van der Waals surface area contributed by atoms with E-state index in [1.165, 1.54) is 26.4 Å². The molecule has 0 saturated heterocycles. The number of ether oxygens (including phenoxy) is 2. The first kappa shape index (κ1) is 21.8. The molecule has 0 radical (unpaired) electrons. The molecule has 0 spiro atoms. The minimum Gasteiger partial charge on any atom is -0.493 e. The molecule has 0 amide bonds. The molecule has 1 aromatic carbocycles. The van der Waals surface area contributed by atoms with E-state index >= 15 is 0 Å². The molecule has 1 unspecified atom stereocenters. The highest BCUT2D eigenvalue weighted by Gasteiger charge is 2.41. The fraction of sp³-hybridized carbons (Fsp3) is 0.625. The Hall–Kier alpha value is -2.20. The number of benzene rings is 1. The van der Waals surface area contributed by atoms with E-state index in [1.54, 1.807) is 0 Å². The smallest absolute Gasteiger partial charge is 0.315 e. The van der Waals surface area contributed by atoms with Crippen LogP contribution in [0.15, 0.2) is 12.1 Å². The van der Waals surface area contributed by atoms with Crippen molar-refractivity contribution in [1.82, 2.24) is 0 Å². The summed E-state index contributed by atoms with van der Waals surface area (Å²) in [6, 6.07) is 2.75. The fourth-order valence-electron chi connectivity index (χ4n) is 2.17. The molecule has 0 aliphatic heterocycles. The van der Waals surface area contributed by atoms with Crippen molar-refractivity contribution in [3.63, 3.8) is 0 Å². The molecule has 1 rings (SSSR count). The predicted octanol–water partition coefficient (Wildman–Crippen LogP) is 3.95. The Balaban J connectivity index is 3.49. The first-order valence-electron chi connectivity index (χ1n) is 8.04. The van der Waals surface area contributed by atoms with Crippen LogP contribution < -0.4 is 9.47 Å². The molecule has 0 fully saturated rings. The molecule has 146 valence electrons. The van der Waals surface area contributed by atoms with Crippen molar-refractivity contribution < 1.29 is 23.7 Å². The first-order chi connectivity index (χ1) is 11.8. The fourth-order valence-corrected chi connectivity index (χ4v) is 3.44. The van der Waals surface area contributed by atoms with Gasteiger partial charge in [0.1, 0.15) is 6.10 Å². The molecule has 26 heavy (non-hydrogen) atoms. The summed E-state index contributed by atoms with van der Waals surface area (Å²) in [7, 11) is 0.289. The second-order valence-corrected chi connectivity index (χ2v) is 12.2. The highest BCUT2D eigenvalue weighted by molar-refractivity contribution is 6.74. The van der Waals surface area contributed by atoms with E-state index in [4.69, 9.17) is 13.9 Å². The number of hydrogen-bond donors (Lipinski definition) is 0. The summed E-state index contributed by atoms with van der Waals surface area (Å²) in [6.45, 7) is 9.47. The van der Waals surface area contributed by atoms with E-state index in [2.05, 4.69) is 0 Å². The average molecular weight is 386 g/mol. The molecule has 0 aliphatic carbocycles. The number of nitro groups is 2. The van der Waals surface area contributed by atoms with Crippen LogP contribution in [0.25, 0.3) is 0 Å². The SMILES string of the molecule is COc1cc(C(C[N+](=O)[O-])O[Si](C)(C)C(C)(C)C)cc([N+](=O)[O-])c1OC. The van der Waals surface area contributed by atoms with Gasteiger partial charge in [0.2, 0.25) is 12.3 Å².